The summed E-state index contributed by atoms with van der Waals surface area (Å²) in [5, 5.41) is -0.454. The van der Waals surface area contributed by atoms with Gasteiger partial charge in [0.1, 0.15) is 17.6 Å². The summed E-state index contributed by atoms with van der Waals surface area (Å²) in [6, 6.07) is 0. The maximum atomic E-state index is 12.4. The molecule has 3 heterocycles. The third-order valence-corrected chi connectivity index (χ3v) is 11.9. The first-order chi connectivity index (χ1) is 12.8. The molecule has 156 valence electrons. The predicted molar refractivity (Wildman–Crippen MR) is 105 cm³/mol. The Morgan fingerprint density at radius 2 is 1.68 bits per heavy atom. The molecule has 3 rings (SSSR count). The fourth-order valence-electron chi connectivity index (χ4n) is 4.42. The van der Waals surface area contributed by atoms with Gasteiger partial charge in [0, 0.05) is 22.8 Å². The number of rotatable bonds is 3. The molecule has 5 atom stereocenters. The molecule has 28 heavy (non-hydrogen) atoms. The van der Waals surface area contributed by atoms with E-state index in [9.17, 15) is 9.59 Å². The molecule has 0 aliphatic carbocycles. The topological polar surface area (TPSA) is 107 Å². The number of ketones is 1. The van der Waals surface area contributed by atoms with Crippen molar-refractivity contribution in [3.63, 3.8) is 0 Å². The molecule has 3 fully saturated rings. The lowest BCUT2D eigenvalue weighted by molar-refractivity contribution is -0.228. The number of carbonyl (C=O) groups is 2. The van der Waals surface area contributed by atoms with Crippen molar-refractivity contribution in [1.82, 2.24) is 0 Å². The van der Waals surface area contributed by atoms with Gasteiger partial charge in [0.25, 0.3) is 0 Å². The van der Waals surface area contributed by atoms with Gasteiger partial charge in [0.2, 0.25) is 5.78 Å². The second kappa shape index (κ2) is 7.04. The molecule has 3 saturated heterocycles. The number of fused-ring (bicyclic) bond motifs is 6. The van der Waals surface area contributed by atoms with Crippen LogP contribution in [0.15, 0.2) is 0 Å². The van der Waals surface area contributed by atoms with Gasteiger partial charge in [-0.05, 0) is 0 Å². The number of ether oxygens (including phenoxy) is 2. The first kappa shape index (κ1) is 21.7. The van der Waals surface area contributed by atoms with Crippen LogP contribution < -0.4 is 0 Å². The lowest BCUT2D eigenvalue weighted by atomic mass is 10.0. The van der Waals surface area contributed by atoms with E-state index in [1.807, 2.05) is 0 Å². The summed E-state index contributed by atoms with van der Waals surface area (Å²) in [5.41, 5.74) is 8.08. The highest BCUT2D eigenvalue weighted by atomic mass is 32.2. The largest absolute Gasteiger partial charge is 0.448 e. The summed E-state index contributed by atoms with van der Waals surface area (Å²) < 4.78 is 25.0. The monoisotopic (exact) mass is 428 g/mol. The Balaban J connectivity index is 1.98. The van der Waals surface area contributed by atoms with E-state index >= 15 is 0 Å². The fraction of sp³-hybridized carbons (Fsp3) is 0.833. The first-order valence-electron chi connectivity index (χ1n) is 9.39. The summed E-state index contributed by atoms with van der Waals surface area (Å²) in [6.45, 7) is 13.9. The van der Waals surface area contributed by atoms with Crippen molar-refractivity contribution in [2.45, 2.75) is 88.4 Å². The predicted octanol–water partition coefficient (Wildman–Crippen LogP) is 2.46. The number of hydrogen-bond donors (Lipinski definition) is 0. The van der Waals surface area contributed by atoms with Crippen LogP contribution in [0.4, 0.5) is 0 Å². The Morgan fingerprint density at radius 3 is 2.18 bits per heavy atom. The zero-order valence-electron chi connectivity index (χ0n) is 17.3. The molecule has 8 nitrogen and oxygen atoms in total. The number of carbonyl (C=O) groups excluding carboxylic acids is 2. The molecular formula is C18H28N2O6SSi. The highest BCUT2D eigenvalue weighted by Crippen LogP contribution is 2.58. The van der Waals surface area contributed by atoms with E-state index in [0.717, 1.165) is 12.7 Å². The molecule has 0 radical (unpaired) electrons. The molecule has 0 aromatic carbocycles. The summed E-state index contributed by atoms with van der Waals surface area (Å²) >= 11 is 1.62. The highest BCUT2D eigenvalue weighted by Gasteiger charge is 2.69. The smallest absolute Gasteiger partial charge is 0.441 e. The van der Waals surface area contributed by atoms with Crippen molar-refractivity contribution in [3.8, 4) is 0 Å². The van der Waals surface area contributed by atoms with E-state index in [0.29, 0.717) is 0 Å². The second-order valence-electron chi connectivity index (χ2n) is 9.53. The van der Waals surface area contributed by atoms with Crippen LogP contribution in [0.3, 0.4) is 0 Å². The molecular weight excluding hydrogens is 400 g/mol. The second-order valence-corrected chi connectivity index (χ2v) is 15.4. The Labute approximate surface area is 170 Å². The zero-order valence-corrected chi connectivity index (χ0v) is 19.2. The van der Waals surface area contributed by atoms with Crippen molar-refractivity contribution in [2.75, 3.05) is 5.75 Å². The third-order valence-electron chi connectivity index (χ3n) is 5.46. The van der Waals surface area contributed by atoms with Crippen LogP contribution in [0, 0.1) is 0 Å². The van der Waals surface area contributed by atoms with Gasteiger partial charge >= 0.3 is 20.2 Å². The molecule has 0 spiro atoms. The summed E-state index contributed by atoms with van der Waals surface area (Å²) in [6.07, 6.45) is -1.96. The SMILES string of the molecule is CC(=O)C(=[N+]=[N-])C(=O)O[C@@H]1[C@H]2O[Si](C(C)(C)C)(C(C)(C)C)O[C@@H]1[C@H]1CS[C@@H]2O1. The average Bonchev–Trinajstić information content (AvgIpc) is 2.98. The first-order valence-corrected chi connectivity index (χ1v) is 12.3. The molecule has 0 aromatic heterocycles. The average molecular weight is 429 g/mol. The lowest BCUT2D eigenvalue weighted by Crippen LogP contribution is -2.73. The molecule has 10 heteroatoms. The molecule has 0 amide bonds. The van der Waals surface area contributed by atoms with Gasteiger partial charge in [-0.3, -0.25) is 4.79 Å². The van der Waals surface area contributed by atoms with Gasteiger partial charge < -0.3 is 23.9 Å². The van der Waals surface area contributed by atoms with Crippen LogP contribution in [0.5, 0.6) is 0 Å². The van der Waals surface area contributed by atoms with E-state index < -0.39 is 44.3 Å². The van der Waals surface area contributed by atoms with Gasteiger partial charge in [-0.2, -0.15) is 4.79 Å². The van der Waals surface area contributed by atoms with Gasteiger partial charge in [-0.1, -0.05) is 41.5 Å². The number of Topliss-reactive ketones (excluding diaryl/α,β-unsaturated/α-hetero) is 1. The minimum absolute atomic E-state index is 0.226. The van der Waals surface area contributed by atoms with Gasteiger partial charge in [0.15, 0.2) is 6.10 Å². The molecule has 0 aromatic rings. The minimum Gasteiger partial charge on any atom is -0.448 e. The quantitative estimate of drug-likeness (QED) is 0.170. The highest BCUT2D eigenvalue weighted by molar-refractivity contribution is 8.00. The molecule has 0 N–H and O–H groups in total. The van der Waals surface area contributed by atoms with E-state index in [1.54, 1.807) is 11.8 Å². The number of esters is 1. The maximum absolute atomic E-state index is 12.4. The Bertz CT molecular complexity index is 703. The molecule has 0 saturated carbocycles. The van der Waals surface area contributed by atoms with Crippen molar-refractivity contribution in [3.05, 3.63) is 5.53 Å². The van der Waals surface area contributed by atoms with E-state index in [4.69, 9.17) is 23.9 Å². The van der Waals surface area contributed by atoms with Gasteiger partial charge in [-0.25, -0.2) is 4.79 Å². The van der Waals surface area contributed by atoms with Crippen molar-refractivity contribution < 1.29 is 32.7 Å². The standard InChI is InChI=1S/C18H28N2O6SSi/c1-9(21)11(20-19)15(22)24-13-12-10-8-27-16(23-10)14(13)26-28(25-12,17(2,3)4)18(5,6)7/h10,12-14,16H,8H2,1-7H3/t10-,12-,13+,14-,16+/m1/s1. The number of nitrogens with zero attached hydrogens (tertiary/aromatic N) is 2. The molecule has 3 aliphatic rings. The Morgan fingerprint density at radius 1 is 1.11 bits per heavy atom. The molecule has 3 aliphatic heterocycles. The summed E-state index contributed by atoms with van der Waals surface area (Å²) in [5.74, 6) is -0.929. The number of hydrogen-bond acceptors (Lipinski definition) is 7. The van der Waals surface area contributed by atoms with Gasteiger partial charge in [-0.15, -0.1) is 11.8 Å². The third kappa shape index (κ3) is 3.30. The van der Waals surface area contributed by atoms with Crippen LogP contribution in [0.1, 0.15) is 48.5 Å². The molecule has 4 bridgehead atoms. The zero-order chi connectivity index (χ0) is 21.1. The Hall–Kier alpha value is -1.03. The van der Waals surface area contributed by atoms with E-state index in [1.165, 1.54) is 0 Å². The summed E-state index contributed by atoms with van der Waals surface area (Å²) in [4.78, 5) is 26.7. The van der Waals surface area contributed by atoms with Crippen molar-refractivity contribution in [2.24, 2.45) is 0 Å². The summed E-state index contributed by atoms with van der Waals surface area (Å²) in [7, 11) is -2.81. The normalized spacial score (nSPS) is 33.8. The van der Waals surface area contributed by atoms with Crippen LogP contribution >= 0.6 is 11.8 Å². The van der Waals surface area contributed by atoms with E-state index in [-0.39, 0.29) is 21.6 Å². The van der Waals surface area contributed by atoms with E-state index in [2.05, 4.69) is 46.3 Å². The number of thioether (sulfide) groups is 1. The van der Waals surface area contributed by atoms with Crippen LogP contribution in [-0.4, -0.2) is 66.4 Å². The lowest BCUT2D eigenvalue weighted by Gasteiger charge is -2.59. The van der Waals surface area contributed by atoms with Crippen LogP contribution in [-0.2, 0) is 27.9 Å². The minimum atomic E-state index is -2.81. The molecule has 0 unspecified atom stereocenters. The maximum Gasteiger partial charge on any atom is 0.441 e. The Kier molecular flexibility index (Phi) is 5.44. The van der Waals surface area contributed by atoms with Crippen molar-refractivity contribution >= 4 is 37.8 Å². The fourth-order valence-corrected chi connectivity index (χ4v) is 10.8. The van der Waals surface area contributed by atoms with Gasteiger partial charge in [0.05, 0.1) is 6.10 Å². The van der Waals surface area contributed by atoms with Crippen LogP contribution in [0.25, 0.3) is 5.53 Å². The van der Waals surface area contributed by atoms with Crippen molar-refractivity contribution in [1.29, 1.82) is 0 Å². The van der Waals surface area contributed by atoms with Crippen LogP contribution in [0.2, 0.25) is 10.1 Å².